The summed E-state index contributed by atoms with van der Waals surface area (Å²) in [6.07, 6.45) is 2.97. The number of anilines is 1. The van der Waals surface area contributed by atoms with Crippen LogP contribution in [0.25, 0.3) is 10.8 Å². The number of rotatable bonds is 8. The Balaban J connectivity index is 1.21. The average molecular weight is 479 g/mol. The zero-order chi connectivity index (χ0) is 24.7. The maximum Gasteiger partial charge on any atom is 0.255 e. The summed E-state index contributed by atoms with van der Waals surface area (Å²) in [6, 6.07) is 27.7. The van der Waals surface area contributed by atoms with Gasteiger partial charge in [-0.1, -0.05) is 66.7 Å². The van der Waals surface area contributed by atoms with Crippen LogP contribution >= 0.6 is 0 Å². The number of piperazine rings is 1. The number of hydrogen-bond acceptors (Lipinski definition) is 5. The third-order valence-corrected chi connectivity index (χ3v) is 6.70. The van der Waals surface area contributed by atoms with Gasteiger partial charge in [0.25, 0.3) is 5.91 Å². The van der Waals surface area contributed by atoms with Crippen molar-refractivity contribution in [3.8, 4) is 0 Å². The first-order valence-electron chi connectivity index (χ1n) is 12.4. The van der Waals surface area contributed by atoms with Crippen LogP contribution in [0.2, 0.25) is 0 Å². The van der Waals surface area contributed by atoms with E-state index < -0.39 is 6.04 Å². The Kier molecular flexibility index (Phi) is 7.33. The zero-order valence-corrected chi connectivity index (χ0v) is 20.2. The molecular weight excluding hydrogens is 448 g/mol. The topological polar surface area (TPSA) is 65.5 Å². The Morgan fingerprint density at radius 2 is 1.61 bits per heavy atom. The molecule has 1 amide bonds. The van der Waals surface area contributed by atoms with Crippen molar-refractivity contribution in [2.75, 3.05) is 31.1 Å². The standard InChI is InChI=1S/C30H30N4O2/c35-22-27(20-23-7-2-1-3-8-23)32-30(36)28-11-6-14-31-29(28)34-17-15-33(16-18-34)21-24-12-13-25-9-4-5-10-26(25)19-24/h1-14,19,22,27H,15-18,20-21H2,(H,32,36). The number of aromatic nitrogens is 1. The van der Waals surface area contributed by atoms with Gasteiger partial charge >= 0.3 is 0 Å². The Bertz CT molecular complexity index is 1330. The van der Waals surface area contributed by atoms with E-state index >= 15 is 0 Å². The van der Waals surface area contributed by atoms with Gasteiger partial charge in [-0.3, -0.25) is 9.69 Å². The summed E-state index contributed by atoms with van der Waals surface area (Å²) >= 11 is 0. The van der Waals surface area contributed by atoms with Gasteiger partial charge in [-0.2, -0.15) is 0 Å². The Morgan fingerprint density at radius 3 is 2.39 bits per heavy atom. The number of carbonyl (C=O) groups is 2. The van der Waals surface area contributed by atoms with Crippen molar-refractivity contribution in [3.05, 3.63) is 108 Å². The van der Waals surface area contributed by atoms with Gasteiger partial charge in [-0.25, -0.2) is 4.98 Å². The zero-order valence-electron chi connectivity index (χ0n) is 20.2. The monoisotopic (exact) mass is 478 g/mol. The minimum Gasteiger partial charge on any atom is -0.353 e. The lowest BCUT2D eigenvalue weighted by molar-refractivity contribution is -0.109. The molecule has 4 aromatic rings. The van der Waals surface area contributed by atoms with Crippen molar-refractivity contribution >= 4 is 28.8 Å². The molecule has 5 rings (SSSR count). The summed E-state index contributed by atoms with van der Waals surface area (Å²) in [4.78, 5) is 34.0. The summed E-state index contributed by atoms with van der Waals surface area (Å²) in [7, 11) is 0. The highest BCUT2D eigenvalue weighted by Gasteiger charge is 2.24. The van der Waals surface area contributed by atoms with Crippen LogP contribution in [0.15, 0.2) is 91.1 Å². The highest BCUT2D eigenvalue weighted by atomic mass is 16.2. The number of nitrogens with zero attached hydrogens (tertiary/aromatic N) is 3. The van der Waals surface area contributed by atoms with Crippen molar-refractivity contribution < 1.29 is 9.59 Å². The second-order valence-corrected chi connectivity index (χ2v) is 9.23. The molecule has 1 N–H and O–H groups in total. The number of benzene rings is 3. The smallest absolute Gasteiger partial charge is 0.255 e. The molecule has 1 fully saturated rings. The van der Waals surface area contributed by atoms with Gasteiger partial charge in [-0.15, -0.1) is 0 Å². The number of hydrogen-bond donors (Lipinski definition) is 1. The van der Waals surface area contributed by atoms with Crippen LogP contribution in [0.4, 0.5) is 5.82 Å². The predicted molar refractivity (Wildman–Crippen MR) is 143 cm³/mol. The lowest BCUT2D eigenvalue weighted by atomic mass is 10.1. The van der Waals surface area contributed by atoms with Crippen molar-refractivity contribution in [1.29, 1.82) is 0 Å². The molecule has 0 aliphatic carbocycles. The quantitative estimate of drug-likeness (QED) is 0.387. The normalized spacial score (nSPS) is 14.9. The maximum absolute atomic E-state index is 13.1. The molecule has 0 saturated carbocycles. The van der Waals surface area contributed by atoms with Crippen LogP contribution < -0.4 is 10.2 Å². The molecule has 1 unspecified atom stereocenters. The van der Waals surface area contributed by atoms with E-state index in [1.807, 2.05) is 30.3 Å². The molecule has 2 heterocycles. The summed E-state index contributed by atoms with van der Waals surface area (Å²) in [6.45, 7) is 4.23. The Morgan fingerprint density at radius 1 is 0.861 bits per heavy atom. The lowest BCUT2D eigenvalue weighted by Gasteiger charge is -2.36. The summed E-state index contributed by atoms with van der Waals surface area (Å²) in [5.74, 6) is 0.398. The Hall–Kier alpha value is -4.03. The number of carbonyl (C=O) groups excluding carboxylic acids is 2. The second kappa shape index (κ2) is 11.1. The molecule has 1 aliphatic heterocycles. The van der Waals surface area contributed by atoms with Gasteiger partial charge in [0.2, 0.25) is 0 Å². The number of nitrogens with one attached hydrogen (secondary N) is 1. The predicted octanol–water partition coefficient (Wildman–Crippen LogP) is 4.10. The molecule has 6 heteroatoms. The van der Waals surface area contributed by atoms with Gasteiger partial charge in [0, 0.05) is 38.9 Å². The third-order valence-electron chi connectivity index (χ3n) is 6.70. The van der Waals surface area contributed by atoms with Crippen LogP contribution in [-0.2, 0) is 17.8 Å². The van der Waals surface area contributed by atoms with E-state index in [9.17, 15) is 9.59 Å². The van der Waals surface area contributed by atoms with Crippen LogP contribution in [-0.4, -0.2) is 54.3 Å². The van der Waals surface area contributed by atoms with E-state index in [1.165, 1.54) is 16.3 Å². The summed E-state index contributed by atoms with van der Waals surface area (Å²) in [5.41, 5.74) is 2.81. The molecule has 3 aromatic carbocycles. The first-order valence-corrected chi connectivity index (χ1v) is 12.4. The van der Waals surface area contributed by atoms with Crippen molar-refractivity contribution in [2.45, 2.75) is 19.0 Å². The third kappa shape index (κ3) is 5.61. The van der Waals surface area contributed by atoms with E-state index in [0.717, 1.165) is 44.6 Å². The van der Waals surface area contributed by atoms with Crippen LogP contribution in [0.3, 0.4) is 0 Å². The van der Waals surface area contributed by atoms with Crippen molar-refractivity contribution in [1.82, 2.24) is 15.2 Å². The van der Waals surface area contributed by atoms with Gasteiger partial charge in [0.15, 0.2) is 0 Å². The van der Waals surface area contributed by atoms with Gasteiger partial charge in [0.1, 0.15) is 12.1 Å². The molecule has 1 aromatic heterocycles. The fourth-order valence-electron chi connectivity index (χ4n) is 4.79. The average Bonchev–Trinajstić information content (AvgIpc) is 2.93. The maximum atomic E-state index is 13.1. The summed E-state index contributed by atoms with van der Waals surface area (Å²) in [5, 5.41) is 5.40. The van der Waals surface area contributed by atoms with Crippen molar-refractivity contribution in [2.24, 2.45) is 0 Å². The van der Waals surface area contributed by atoms with Crippen LogP contribution in [0, 0.1) is 0 Å². The largest absolute Gasteiger partial charge is 0.353 e. The van der Waals surface area contributed by atoms with Gasteiger partial charge < -0.3 is 15.0 Å². The van der Waals surface area contributed by atoms with E-state index in [2.05, 4.69) is 62.6 Å². The Labute approximate surface area is 211 Å². The second-order valence-electron chi connectivity index (χ2n) is 9.23. The van der Waals surface area contributed by atoms with Crippen LogP contribution in [0.1, 0.15) is 21.5 Å². The van der Waals surface area contributed by atoms with E-state index in [4.69, 9.17) is 0 Å². The molecule has 1 saturated heterocycles. The number of pyridine rings is 1. The fraction of sp³-hybridized carbons (Fsp3) is 0.233. The molecule has 36 heavy (non-hydrogen) atoms. The minimum atomic E-state index is -0.591. The lowest BCUT2D eigenvalue weighted by Crippen LogP contribution is -2.47. The molecule has 1 atom stereocenters. The van der Waals surface area contributed by atoms with Crippen molar-refractivity contribution in [3.63, 3.8) is 0 Å². The van der Waals surface area contributed by atoms with E-state index in [-0.39, 0.29) is 5.91 Å². The first kappa shape index (κ1) is 23.7. The fourth-order valence-corrected chi connectivity index (χ4v) is 4.79. The van der Waals surface area contributed by atoms with E-state index in [0.29, 0.717) is 17.8 Å². The molecule has 0 spiro atoms. The number of amides is 1. The molecule has 0 radical (unpaired) electrons. The molecular formula is C30H30N4O2. The van der Waals surface area contributed by atoms with E-state index in [1.54, 1.807) is 18.3 Å². The SMILES string of the molecule is O=CC(Cc1ccccc1)NC(=O)c1cccnc1N1CCN(Cc2ccc3ccccc3c2)CC1. The van der Waals surface area contributed by atoms with Gasteiger partial charge in [-0.05, 0) is 46.5 Å². The number of aldehydes is 1. The minimum absolute atomic E-state index is 0.273. The van der Waals surface area contributed by atoms with Gasteiger partial charge in [0.05, 0.1) is 11.6 Å². The molecule has 6 nitrogen and oxygen atoms in total. The molecule has 0 bridgehead atoms. The van der Waals surface area contributed by atoms with Crippen LogP contribution in [0.5, 0.6) is 0 Å². The highest BCUT2D eigenvalue weighted by molar-refractivity contribution is 6.00. The summed E-state index contributed by atoms with van der Waals surface area (Å²) < 4.78 is 0. The highest BCUT2D eigenvalue weighted by Crippen LogP contribution is 2.21. The first-order chi connectivity index (χ1) is 17.7. The number of fused-ring (bicyclic) bond motifs is 1. The molecule has 182 valence electrons. The molecule has 1 aliphatic rings.